The number of aldehydes is 1. The molecular weight excluding hydrogens is 106 g/mol. The minimum Gasteiger partial charge on any atom is -0.480 e. The lowest BCUT2D eigenvalue weighted by Crippen LogP contribution is -2.01. The molecule has 0 rings (SSSR count). The van der Waals surface area contributed by atoms with Gasteiger partial charge in [-0.25, -0.2) is 0 Å². The highest BCUT2D eigenvalue weighted by Gasteiger charge is 1.81. The van der Waals surface area contributed by atoms with Crippen LogP contribution in [0.5, 0.6) is 0 Å². The summed E-state index contributed by atoms with van der Waals surface area (Å²) in [4.78, 5) is 9.65. The van der Waals surface area contributed by atoms with Crippen LogP contribution >= 0.6 is 0 Å². The number of allylic oxidation sites excluding steroid dienone is 1. The lowest BCUT2D eigenvalue weighted by atomic mass is 10.6. The third-order valence-electron chi connectivity index (χ3n) is 0.543. The molecule has 0 amide bonds. The van der Waals surface area contributed by atoms with Gasteiger partial charge in [0.1, 0.15) is 6.29 Å². The average molecular weight is 115 g/mol. The molecule has 0 aromatic rings. The summed E-state index contributed by atoms with van der Waals surface area (Å²) in [5, 5.41) is 0. The smallest absolute Gasteiger partial charge is 0.187 e. The molecule has 0 unspecified atom stereocenters. The number of carbonyl (C=O) groups excluding carboxylic acids is 1. The first-order valence-corrected chi connectivity index (χ1v) is 2.35. The standard InChI is InChI=1S/C5H9NO2/c1-2-8-5(6)3-4-7/h3-4H,2,6H2,1H3/b5-3+. The zero-order valence-corrected chi connectivity index (χ0v) is 4.76. The van der Waals surface area contributed by atoms with Crippen LogP contribution in [0.25, 0.3) is 0 Å². The van der Waals surface area contributed by atoms with E-state index in [1.54, 1.807) is 6.92 Å². The van der Waals surface area contributed by atoms with Crippen molar-refractivity contribution >= 4 is 6.29 Å². The van der Waals surface area contributed by atoms with Crippen LogP contribution < -0.4 is 5.73 Å². The predicted octanol–water partition coefficient (Wildman–Crippen LogP) is 0.0219. The van der Waals surface area contributed by atoms with E-state index < -0.39 is 0 Å². The molecule has 3 nitrogen and oxygen atoms in total. The zero-order chi connectivity index (χ0) is 6.41. The molecule has 46 valence electrons. The first-order valence-electron chi connectivity index (χ1n) is 2.35. The van der Waals surface area contributed by atoms with E-state index in [9.17, 15) is 4.79 Å². The second-order valence-corrected chi connectivity index (χ2v) is 1.14. The summed E-state index contributed by atoms with van der Waals surface area (Å²) >= 11 is 0. The van der Waals surface area contributed by atoms with E-state index in [1.165, 1.54) is 6.08 Å². The van der Waals surface area contributed by atoms with Gasteiger partial charge in [0.25, 0.3) is 0 Å². The van der Waals surface area contributed by atoms with E-state index in [-0.39, 0.29) is 5.88 Å². The molecule has 0 radical (unpaired) electrons. The Kier molecular flexibility index (Phi) is 3.66. The van der Waals surface area contributed by atoms with Crippen LogP contribution in [-0.4, -0.2) is 12.9 Å². The van der Waals surface area contributed by atoms with E-state index in [2.05, 4.69) is 4.74 Å². The molecule has 0 aromatic carbocycles. The fraction of sp³-hybridized carbons (Fsp3) is 0.400. The molecule has 2 N–H and O–H groups in total. The fourth-order valence-electron chi connectivity index (χ4n) is 0.282. The third-order valence-corrected chi connectivity index (χ3v) is 0.543. The van der Waals surface area contributed by atoms with Gasteiger partial charge in [-0.1, -0.05) is 0 Å². The van der Waals surface area contributed by atoms with Crippen molar-refractivity contribution in [2.24, 2.45) is 5.73 Å². The normalized spacial score (nSPS) is 10.9. The van der Waals surface area contributed by atoms with Gasteiger partial charge in [0.2, 0.25) is 0 Å². The summed E-state index contributed by atoms with van der Waals surface area (Å²) in [6.07, 6.45) is 1.76. The molecule has 0 bridgehead atoms. The van der Waals surface area contributed by atoms with Gasteiger partial charge in [-0.2, -0.15) is 0 Å². The summed E-state index contributed by atoms with van der Waals surface area (Å²) < 4.78 is 4.69. The molecule has 0 saturated carbocycles. The van der Waals surface area contributed by atoms with Crippen molar-refractivity contribution in [3.8, 4) is 0 Å². The SMILES string of the molecule is CCO/C(N)=C/C=O. The van der Waals surface area contributed by atoms with Gasteiger partial charge >= 0.3 is 0 Å². The predicted molar refractivity (Wildman–Crippen MR) is 30.0 cm³/mol. The maximum atomic E-state index is 9.65. The quantitative estimate of drug-likeness (QED) is 0.320. The molecule has 0 aromatic heterocycles. The number of hydrogen-bond donors (Lipinski definition) is 1. The Bertz CT molecular complexity index is 98.6. The van der Waals surface area contributed by atoms with Crippen LogP contribution in [0, 0.1) is 0 Å². The first kappa shape index (κ1) is 7.01. The lowest BCUT2D eigenvalue weighted by Gasteiger charge is -1.97. The van der Waals surface area contributed by atoms with E-state index in [4.69, 9.17) is 5.73 Å². The largest absolute Gasteiger partial charge is 0.480 e. The van der Waals surface area contributed by atoms with Gasteiger partial charge < -0.3 is 10.5 Å². The number of rotatable bonds is 3. The summed E-state index contributed by atoms with van der Waals surface area (Å²) in [5.41, 5.74) is 5.10. The van der Waals surface area contributed by atoms with E-state index >= 15 is 0 Å². The van der Waals surface area contributed by atoms with Crippen LogP contribution in [0.15, 0.2) is 12.0 Å². The van der Waals surface area contributed by atoms with Crippen LogP contribution in [0.4, 0.5) is 0 Å². The number of nitrogens with two attached hydrogens (primary N) is 1. The molecule has 0 aliphatic carbocycles. The first-order chi connectivity index (χ1) is 3.81. The van der Waals surface area contributed by atoms with Gasteiger partial charge in [0.05, 0.1) is 6.61 Å². The third kappa shape index (κ3) is 3.21. The van der Waals surface area contributed by atoms with Gasteiger partial charge in [-0.3, -0.25) is 4.79 Å². The van der Waals surface area contributed by atoms with Crippen molar-refractivity contribution in [2.45, 2.75) is 6.92 Å². The fourth-order valence-corrected chi connectivity index (χ4v) is 0.282. The highest BCUT2D eigenvalue weighted by atomic mass is 16.5. The van der Waals surface area contributed by atoms with Gasteiger partial charge in [-0.05, 0) is 6.92 Å². The Hall–Kier alpha value is -0.990. The topological polar surface area (TPSA) is 52.3 Å². The number of ether oxygens (including phenoxy) is 1. The van der Waals surface area contributed by atoms with Crippen molar-refractivity contribution in [1.29, 1.82) is 0 Å². The Morgan fingerprint density at radius 2 is 2.50 bits per heavy atom. The second-order valence-electron chi connectivity index (χ2n) is 1.14. The molecule has 8 heavy (non-hydrogen) atoms. The van der Waals surface area contributed by atoms with E-state index in [1.807, 2.05) is 0 Å². The molecule has 3 heteroatoms. The van der Waals surface area contributed by atoms with Crippen molar-refractivity contribution in [3.05, 3.63) is 12.0 Å². The van der Waals surface area contributed by atoms with Crippen molar-refractivity contribution in [1.82, 2.24) is 0 Å². The maximum absolute atomic E-state index is 9.65. The highest BCUT2D eigenvalue weighted by molar-refractivity contribution is 5.65. The summed E-state index contributed by atoms with van der Waals surface area (Å²) in [6, 6.07) is 0. The van der Waals surface area contributed by atoms with Crippen molar-refractivity contribution < 1.29 is 9.53 Å². The minimum atomic E-state index is 0.169. The number of carbonyl (C=O) groups is 1. The number of hydrogen-bond acceptors (Lipinski definition) is 3. The second kappa shape index (κ2) is 4.18. The van der Waals surface area contributed by atoms with E-state index in [0.29, 0.717) is 12.9 Å². The van der Waals surface area contributed by atoms with Crippen LogP contribution in [0.2, 0.25) is 0 Å². The molecule has 0 aliphatic rings. The van der Waals surface area contributed by atoms with Crippen molar-refractivity contribution in [3.63, 3.8) is 0 Å². The lowest BCUT2D eigenvalue weighted by molar-refractivity contribution is -0.104. The molecule has 0 saturated heterocycles. The monoisotopic (exact) mass is 115 g/mol. The Morgan fingerprint density at radius 3 is 2.88 bits per heavy atom. The van der Waals surface area contributed by atoms with Crippen molar-refractivity contribution in [2.75, 3.05) is 6.61 Å². The molecular formula is C5H9NO2. The maximum Gasteiger partial charge on any atom is 0.187 e. The summed E-state index contributed by atoms with van der Waals surface area (Å²) in [6.45, 7) is 2.29. The highest BCUT2D eigenvalue weighted by Crippen LogP contribution is 1.81. The Labute approximate surface area is 48.1 Å². The zero-order valence-electron chi connectivity index (χ0n) is 4.76. The van der Waals surface area contributed by atoms with Gasteiger partial charge in [0, 0.05) is 6.08 Å². The Morgan fingerprint density at radius 1 is 1.88 bits per heavy atom. The van der Waals surface area contributed by atoms with Gasteiger partial charge in [-0.15, -0.1) is 0 Å². The molecule has 0 atom stereocenters. The van der Waals surface area contributed by atoms with Crippen LogP contribution in [-0.2, 0) is 9.53 Å². The molecule has 0 heterocycles. The average Bonchev–Trinajstić information content (AvgIpc) is 1.68. The minimum absolute atomic E-state index is 0.169. The molecule has 0 fully saturated rings. The van der Waals surface area contributed by atoms with Gasteiger partial charge in [0.15, 0.2) is 5.88 Å². The summed E-state index contributed by atoms with van der Waals surface area (Å²) in [7, 11) is 0. The Balaban J connectivity index is 3.44. The summed E-state index contributed by atoms with van der Waals surface area (Å²) in [5.74, 6) is 0.169. The van der Waals surface area contributed by atoms with E-state index in [0.717, 1.165) is 0 Å². The molecule has 0 spiro atoms. The van der Waals surface area contributed by atoms with Crippen LogP contribution in [0.3, 0.4) is 0 Å². The van der Waals surface area contributed by atoms with Crippen LogP contribution in [0.1, 0.15) is 6.92 Å². The molecule has 0 aliphatic heterocycles.